The van der Waals surface area contributed by atoms with E-state index < -0.39 is 0 Å². The van der Waals surface area contributed by atoms with Crippen LogP contribution in [0.15, 0.2) is 174 Å². The maximum atomic E-state index is 6.96. The van der Waals surface area contributed by atoms with Crippen molar-refractivity contribution in [2.75, 3.05) is 0 Å². The number of nitrogens with zero attached hydrogens (tertiary/aromatic N) is 4. The molecule has 0 bridgehead atoms. The zero-order valence-electron chi connectivity index (χ0n) is 35.3. The molecule has 0 fully saturated rings. The Balaban J connectivity index is 1.11. The maximum absolute atomic E-state index is 6.96. The average Bonchev–Trinajstić information content (AvgIpc) is 3.92. The molecule has 5 nitrogen and oxygen atoms in total. The molecule has 0 atom stereocenters. The molecular formula is C55H28B6N4O. The minimum absolute atomic E-state index is 0.323. The zero-order chi connectivity index (χ0) is 44.8. The molecule has 12 aromatic rings. The molecule has 11 heteroatoms. The number of fused-ring (bicyclic) bond motifs is 7. The van der Waals surface area contributed by atoms with Crippen LogP contribution in [0.4, 0.5) is 0 Å². The molecule has 0 spiro atoms. The summed E-state index contributed by atoms with van der Waals surface area (Å²) in [5.74, 6) is 1.65. The third kappa shape index (κ3) is 6.36. The van der Waals surface area contributed by atoms with E-state index in [1.165, 1.54) is 10.8 Å². The van der Waals surface area contributed by atoms with Gasteiger partial charge in [0.05, 0.1) is 0 Å². The zero-order valence-corrected chi connectivity index (χ0v) is 35.3. The summed E-state index contributed by atoms with van der Waals surface area (Å²) in [6.45, 7) is 0. The van der Waals surface area contributed by atoms with Crippen molar-refractivity contribution < 1.29 is 4.42 Å². The Morgan fingerprint density at radius 1 is 0.379 bits per heavy atom. The van der Waals surface area contributed by atoms with Crippen LogP contribution >= 0.6 is 0 Å². The van der Waals surface area contributed by atoms with E-state index in [0.717, 1.165) is 55.4 Å². The first-order valence-electron chi connectivity index (χ1n) is 21.4. The molecule has 12 rings (SSSR count). The van der Waals surface area contributed by atoms with Gasteiger partial charge in [0.25, 0.3) is 0 Å². The molecule has 0 amide bonds. The van der Waals surface area contributed by atoms with Crippen molar-refractivity contribution in [3.63, 3.8) is 0 Å². The summed E-state index contributed by atoms with van der Waals surface area (Å²) in [7, 11) is 40.2. The van der Waals surface area contributed by atoms with Crippen molar-refractivity contribution in [1.29, 1.82) is 0 Å². The lowest BCUT2D eigenvalue weighted by Gasteiger charge is -2.16. The smallest absolute Gasteiger partial charge is 0.164 e. The van der Waals surface area contributed by atoms with Crippen LogP contribution in [-0.4, -0.2) is 66.6 Å². The van der Waals surface area contributed by atoms with Crippen molar-refractivity contribution in [2.24, 2.45) is 0 Å². The quantitative estimate of drug-likeness (QED) is 0.168. The minimum atomic E-state index is 0.323. The Morgan fingerprint density at radius 2 is 0.894 bits per heavy atom. The van der Waals surface area contributed by atoms with Crippen LogP contribution in [0, 0.1) is 0 Å². The second-order valence-corrected chi connectivity index (χ2v) is 16.5. The first-order chi connectivity index (χ1) is 32.2. The minimum Gasteiger partial charge on any atom is -0.455 e. The lowest BCUT2D eigenvalue weighted by atomic mass is 9.71. The van der Waals surface area contributed by atoms with Crippen LogP contribution in [0.2, 0.25) is 0 Å². The van der Waals surface area contributed by atoms with Crippen LogP contribution in [0.25, 0.3) is 117 Å². The highest BCUT2D eigenvalue weighted by molar-refractivity contribution is 6.62. The van der Waals surface area contributed by atoms with Crippen LogP contribution in [-0.2, 0) is 0 Å². The molecular weight excluding hydrogens is 798 g/mol. The summed E-state index contributed by atoms with van der Waals surface area (Å²) in [5.41, 5.74) is 11.9. The van der Waals surface area contributed by atoms with Gasteiger partial charge in [-0.05, 0) is 62.5 Å². The number of rotatable bonds is 6. The van der Waals surface area contributed by atoms with E-state index in [1.54, 1.807) is 12.1 Å². The number of hydrogen-bond acceptors (Lipinski definition) is 4. The number of benzene rings is 9. The molecule has 0 aliphatic carbocycles. The lowest BCUT2D eigenvalue weighted by molar-refractivity contribution is 0.670. The molecule has 0 N–H and O–H groups in total. The molecule has 0 aliphatic heterocycles. The highest BCUT2D eigenvalue weighted by Gasteiger charge is 2.23. The third-order valence-corrected chi connectivity index (χ3v) is 12.6. The van der Waals surface area contributed by atoms with Crippen molar-refractivity contribution in [2.45, 2.75) is 0 Å². The van der Waals surface area contributed by atoms with Crippen LogP contribution in [0.3, 0.4) is 0 Å². The van der Waals surface area contributed by atoms with Crippen LogP contribution in [0.1, 0.15) is 0 Å². The molecule has 3 heterocycles. The van der Waals surface area contributed by atoms with E-state index in [0.29, 0.717) is 83.2 Å². The Hall–Kier alpha value is -7.76. The maximum Gasteiger partial charge on any atom is 0.164 e. The summed E-state index contributed by atoms with van der Waals surface area (Å²) in [6.07, 6.45) is 0. The number of hydrogen-bond donors (Lipinski definition) is 0. The Labute approximate surface area is 388 Å². The van der Waals surface area contributed by atoms with Gasteiger partial charge in [0.15, 0.2) is 17.5 Å². The van der Waals surface area contributed by atoms with E-state index in [2.05, 4.69) is 78.9 Å². The van der Waals surface area contributed by atoms with Crippen molar-refractivity contribution >= 4 is 134 Å². The number of aromatic nitrogens is 4. The van der Waals surface area contributed by atoms with Gasteiger partial charge in [-0.2, -0.15) is 0 Å². The van der Waals surface area contributed by atoms with Crippen molar-refractivity contribution in [1.82, 2.24) is 19.5 Å². The molecule has 0 saturated heterocycles. The van der Waals surface area contributed by atoms with Gasteiger partial charge in [-0.25, -0.2) is 15.0 Å². The highest BCUT2D eigenvalue weighted by atomic mass is 16.3. The first kappa shape index (κ1) is 39.8. The number of furan rings is 1. The monoisotopic (exact) mass is 826 g/mol. The van der Waals surface area contributed by atoms with E-state index in [-0.39, 0.29) is 0 Å². The van der Waals surface area contributed by atoms with Gasteiger partial charge in [0, 0.05) is 49.7 Å². The van der Waals surface area contributed by atoms with E-state index >= 15 is 0 Å². The first-order valence-corrected chi connectivity index (χ1v) is 21.4. The molecule has 66 heavy (non-hydrogen) atoms. The molecule has 0 saturated carbocycles. The fourth-order valence-electron chi connectivity index (χ4n) is 9.41. The topological polar surface area (TPSA) is 56.7 Å². The van der Waals surface area contributed by atoms with E-state index in [1.807, 2.05) is 83.4 Å². The molecule has 3 aromatic heterocycles. The van der Waals surface area contributed by atoms with Crippen LogP contribution in [0.5, 0.6) is 0 Å². The summed E-state index contributed by atoms with van der Waals surface area (Å²) >= 11 is 0. The van der Waals surface area contributed by atoms with Crippen molar-refractivity contribution in [3.05, 3.63) is 170 Å². The molecule has 12 radical (unpaired) electrons. The highest BCUT2D eigenvalue weighted by Crippen LogP contribution is 2.41. The Kier molecular flexibility index (Phi) is 9.32. The predicted molar refractivity (Wildman–Crippen MR) is 278 cm³/mol. The van der Waals surface area contributed by atoms with Gasteiger partial charge in [-0.1, -0.05) is 167 Å². The largest absolute Gasteiger partial charge is 0.455 e. The second kappa shape index (κ2) is 15.5. The fraction of sp³-hybridized carbons (Fsp3) is 0. The van der Waals surface area contributed by atoms with Gasteiger partial charge in [-0.3, -0.25) is 0 Å². The van der Waals surface area contributed by atoms with Crippen molar-refractivity contribution in [3.8, 4) is 62.1 Å². The third-order valence-electron chi connectivity index (χ3n) is 12.6. The summed E-state index contributed by atoms with van der Waals surface area (Å²) in [5, 5.41) is 5.23. The van der Waals surface area contributed by atoms with Gasteiger partial charge < -0.3 is 8.98 Å². The molecule has 0 aliphatic rings. The van der Waals surface area contributed by atoms with Gasteiger partial charge in [0.2, 0.25) is 0 Å². The molecule has 292 valence electrons. The van der Waals surface area contributed by atoms with E-state index in [4.69, 9.17) is 66.4 Å². The van der Waals surface area contributed by atoms with E-state index in [9.17, 15) is 0 Å². The predicted octanol–water partition coefficient (Wildman–Crippen LogP) is 7.12. The molecule has 9 aromatic carbocycles. The van der Waals surface area contributed by atoms with Gasteiger partial charge >= 0.3 is 0 Å². The van der Waals surface area contributed by atoms with Gasteiger partial charge in [-0.15, -0.1) is 10.9 Å². The van der Waals surface area contributed by atoms with Gasteiger partial charge in [0.1, 0.15) is 58.2 Å². The standard InChI is InChI=1S/C55H28B6N4O/c56-41-27-43(58)50-46(48(41)60)47-49(61)42(57)28-44(59)51(47)65(50)35-25-39(31-20-18-30(19-21-31)37-17-9-15-29-10-7-8-16-36(29)37)52-40(26-35)38-23-22-34(24-45(38)66-52)55-63-53(32-11-3-1-4-12-32)62-54(64-55)33-13-5-2-6-14-33/h1-28H. The SMILES string of the molecule is [B]c1cc([B])c2c(c1[B])c1c([B])c([B])cc([B])c1n2-c1cc(-c2ccc(-c3cccc4ccccc34)cc2)c2oc3cc(-c4nc(-c5ccccc5)nc(-c5ccccc5)n4)ccc3c2c1. The summed E-state index contributed by atoms with van der Waals surface area (Å²) < 4.78 is 8.97. The average molecular weight is 826 g/mol. The Bertz CT molecular complexity index is 3810. The fourth-order valence-corrected chi connectivity index (χ4v) is 9.41. The lowest BCUT2D eigenvalue weighted by Crippen LogP contribution is -2.33. The van der Waals surface area contributed by atoms with Crippen LogP contribution < -0.4 is 32.8 Å². The molecule has 0 unspecified atom stereocenters. The Morgan fingerprint density at radius 3 is 1.50 bits per heavy atom. The second-order valence-electron chi connectivity index (χ2n) is 16.5. The normalized spacial score (nSPS) is 11.7. The summed E-state index contributed by atoms with van der Waals surface area (Å²) in [4.78, 5) is 14.9. The summed E-state index contributed by atoms with van der Waals surface area (Å²) in [6, 6.07) is 56.7.